The molecule has 6 heteroatoms. The van der Waals surface area contributed by atoms with E-state index in [1.807, 2.05) is 31.2 Å². The zero-order chi connectivity index (χ0) is 21.1. The standard InChI is InChI=1S/C24H28N4O2/c1-16-6-7-18-20(14-16)27-15-28-23(18)24(11-8-22(25)30,17-9-12-26-13-10-17)19-4-2-3-5-21(19)29/h2-7,14-15,17,26,29H,8-13H2,1H3,(H2,25,30). The lowest BCUT2D eigenvalue weighted by Crippen LogP contribution is -2.44. The molecule has 2 heterocycles. The molecule has 1 aromatic heterocycles. The summed E-state index contributed by atoms with van der Waals surface area (Å²) in [4.78, 5) is 21.2. The van der Waals surface area contributed by atoms with E-state index in [0.717, 1.165) is 53.7 Å². The second-order valence-corrected chi connectivity index (χ2v) is 8.22. The highest BCUT2D eigenvalue weighted by Crippen LogP contribution is 2.50. The largest absolute Gasteiger partial charge is 0.508 e. The predicted molar refractivity (Wildman–Crippen MR) is 117 cm³/mol. The number of primary amides is 1. The lowest BCUT2D eigenvalue weighted by Gasteiger charge is -2.43. The summed E-state index contributed by atoms with van der Waals surface area (Å²) in [6.45, 7) is 3.81. The fourth-order valence-corrected chi connectivity index (χ4v) is 5.01. The van der Waals surface area contributed by atoms with Gasteiger partial charge in [-0.3, -0.25) is 4.79 Å². The Balaban J connectivity index is 2.03. The Hall–Kier alpha value is -2.99. The number of hydrogen-bond acceptors (Lipinski definition) is 5. The van der Waals surface area contributed by atoms with Gasteiger partial charge >= 0.3 is 0 Å². The molecule has 1 amide bonds. The predicted octanol–water partition coefficient (Wildman–Crippen LogP) is 3.20. The zero-order valence-electron chi connectivity index (χ0n) is 17.3. The van der Waals surface area contributed by atoms with Crippen LogP contribution in [-0.4, -0.2) is 34.1 Å². The molecule has 1 aliphatic rings. The smallest absolute Gasteiger partial charge is 0.217 e. The number of nitrogens with one attached hydrogen (secondary N) is 1. The number of piperidine rings is 1. The number of aromatic nitrogens is 2. The van der Waals surface area contributed by atoms with Crippen LogP contribution in [0.4, 0.5) is 0 Å². The third-order valence-electron chi connectivity index (χ3n) is 6.40. The Morgan fingerprint density at radius 2 is 1.97 bits per heavy atom. The Morgan fingerprint density at radius 1 is 1.20 bits per heavy atom. The Bertz CT molecular complexity index is 1060. The van der Waals surface area contributed by atoms with Gasteiger partial charge in [-0.05, 0) is 62.9 Å². The second kappa shape index (κ2) is 8.40. The summed E-state index contributed by atoms with van der Waals surface area (Å²) in [6, 6.07) is 13.6. The Labute approximate surface area is 176 Å². The molecule has 0 aliphatic carbocycles. The van der Waals surface area contributed by atoms with Crippen molar-refractivity contribution in [3.05, 3.63) is 65.6 Å². The minimum absolute atomic E-state index is 0.200. The van der Waals surface area contributed by atoms with Crippen LogP contribution in [0.15, 0.2) is 48.8 Å². The lowest BCUT2D eigenvalue weighted by molar-refractivity contribution is -0.118. The first-order valence-corrected chi connectivity index (χ1v) is 10.5. The highest BCUT2D eigenvalue weighted by molar-refractivity contribution is 5.83. The van der Waals surface area contributed by atoms with Crippen LogP contribution in [0.2, 0.25) is 0 Å². The number of para-hydroxylation sites is 1. The van der Waals surface area contributed by atoms with Gasteiger partial charge in [0.15, 0.2) is 0 Å². The molecule has 1 saturated heterocycles. The number of phenolic OH excluding ortho intramolecular Hbond substituents is 1. The van der Waals surface area contributed by atoms with Crippen LogP contribution >= 0.6 is 0 Å². The summed E-state index contributed by atoms with van der Waals surface area (Å²) < 4.78 is 0. The third kappa shape index (κ3) is 3.63. The minimum atomic E-state index is -0.640. The van der Waals surface area contributed by atoms with Crippen molar-refractivity contribution in [2.75, 3.05) is 13.1 Å². The van der Waals surface area contributed by atoms with Gasteiger partial charge < -0.3 is 16.2 Å². The SMILES string of the molecule is Cc1ccc2c(C(CCC(N)=O)(c3ccccc3O)C3CCNCC3)ncnc2c1. The molecule has 2 aromatic carbocycles. The first-order chi connectivity index (χ1) is 14.5. The molecule has 0 radical (unpaired) electrons. The van der Waals surface area contributed by atoms with Crippen LogP contribution in [-0.2, 0) is 10.2 Å². The van der Waals surface area contributed by atoms with Crippen molar-refractivity contribution in [1.82, 2.24) is 15.3 Å². The van der Waals surface area contributed by atoms with E-state index in [9.17, 15) is 9.90 Å². The normalized spacial score (nSPS) is 17.0. The maximum atomic E-state index is 11.9. The third-order valence-corrected chi connectivity index (χ3v) is 6.40. The number of hydrogen-bond donors (Lipinski definition) is 3. The number of aromatic hydroxyl groups is 1. The molecule has 6 nitrogen and oxygen atoms in total. The Morgan fingerprint density at radius 3 is 2.70 bits per heavy atom. The Kier molecular flexibility index (Phi) is 5.68. The molecule has 0 bridgehead atoms. The summed E-state index contributed by atoms with van der Waals surface area (Å²) >= 11 is 0. The van der Waals surface area contributed by atoms with Crippen LogP contribution in [0, 0.1) is 12.8 Å². The van der Waals surface area contributed by atoms with E-state index in [4.69, 9.17) is 10.7 Å². The number of fused-ring (bicyclic) bond motifs is 1. The number of rotatable bonds is 6. The van der Waals surface area contributed by atoms with Gasteiger partial charge in [0, 0.05) is 22.8 Å². The first kappa shape index (κ1) is 20.3. The highest BCUT2D eigenvalue weighted by atomic mass is 16.3. The number of benzene rings is 2. The average molecular weight is 405 g/mol. The van der Waals surface area contributed by atoms with Crippen molar-refractivity contribution in [1.29, 1.82) is 0 Å². The van der Waals surface area contributed by atoms with Crippen molar-refractivity contribution in [2.45, 2.75) is 38.0 Å². The molecule has 4 rings (SSSR count). The maximum absolute atomic E-state index is 11.9. The summed E-state index contributed by atoms with van der Waals surface area (Å²) in [5.74, 6) is 0.0723. The van der Waals surface area contributed by atoms with Crippen molar-refractivity contribution in [3.63, 3.8) is 0 Å². The number of amides is 1. The molecule has 4 N–H and O–H groups in total. The van der Waals surface area contributed by atoms with Gasteiger partial charge in [0.25, 0.3) is 0 Å². The van der Waals surface area contributed by atoms with E-state index in [-0.39, 0.29) is 24.0 Å². The van der Waals surface area contributed by atoms with E-state index in [2.05, 4.69) is 22.4 Å². The number of nitrogens with two attached hydrogens (primary N) is 1. The highest BCUT2D eigenvalue weighted by Gasteiger charge is 2.46. The number of nitrogens with zero attached hydrogens (tertiary/aromatic N) is 2. The summed E-state index contributed by atoms with van der Waals surface area (Å²) in [5.41, 5.74) is 8.63. The van der Waals surface area contributed by atoms with Crippen molar-refractivity contribution >= 4 is 16.8 Å². The number of aryl methyl sites for hydroxylation is 1. The molecule has 156 valence electrons. The molecule has 1 atom stereocenters. The number of carbonyl (C=O) groups excluding carboxylic acids is 1. The fraction of sp³-hybridized carbons (Fsp3) is 0.375. The van der Waals surface area contributed by atoms with Gasteiger partial charge in [-0.15, -0.1) is 0 Å². The first-order valence-electron chi connectivity index (χ1n) is 10.5. The molecular weight excluding hydrogens is 376 g/mol. The fourth-order valence-electron chi connectivity index (χ4n) is 5.01. The molecule has 1 aliphatic heterocycles. The average Bonchev–Trinajstić information content (AvgIpc) is 2.75. The monoisotopic (exact) mass is 404 g/mol. The van der Waals surface area contributed by atoms with Gasteiger partial charge in [0.05, 0.1) is 11.2 Å². The van der Waals surface area contributed by atoms with Crippen LogP contribution in [0.25, 0.3) is 10.9 Å². The van der Waals surface area contributed by atoms with Gasteiger partial charge in [-0.1, -0.05) is 30.3 Å². The van der Waals surface area contributed by atoms with E-state index in [1.165, 1.54) is 0 Å². The van der Waals surface area contributed by atoms with Crippen LogP contribution in [0.3, 0.4) is 0 Å². The van der Waals surface area contributed by atoms with Crippen LogP contribution in [0.5, 0.6) is 5.75 Å². The summed E-state index contributed by atoms with van der Waals surface area (Å²) in [6.07, 6.45) is 4.15. The second-order valence-electron chi connectivity index (χ2n) is 8.22. The van der Waals surface area contributed by atoms with E-state index < -0.39 is 5.41 Å². The van der Waals surface area contributed by atoms with Crippen molar-refractivity contribution in [3.8, 4) is 5.75 Å². The van der Waals surface area contributed by atoms with E-state index in [0.29, 0.717) is 6.42 Å². The van der Waals surface area contributed by atoms with Crippen molar-refractivity contribution in [2.24, 2.45) is 11.7 Å². The minimum Gasteiger partial charge on any atom is -0.508 e. The quantitative estimate of drug-likeness (QED) is 0.586. The zero-order valence-corrected chi connectivity index (χ0v) is 17.3. The molecule has 0 spiro atoms. The van der Waals surface area contributed by atoms with Crippen LogP contribution in [0.1, 0.15) is 42.5 Å². The number of carbonyl (C=O) groups is 1. The van der Waals surface area contributed by atoms with Crippen LogP contribution < -0.4 is 11.1 Å². The summed E-state index contributed by atoms with van der Waals surface area (Å²) in [7, 11) is 0. The molecular formula is C24H28N4O2. The maximum Gasteiger partial charge on any atom is 0.217 e. The van der Waals surface area contributed by atoms with Gasteiger partial charge in [-0.2, -0.15) is 0 Å². The topological polar surface area (TPSA) is 101 Å². The molecule has 3 aromatic rings. The molecule has 1 unspecified atom stereocenters. The lowest BCUT2D eigenvalue weighted by atomic mass is 9.61. The van der Waals surface area contributed by atoms with Gasteiger partial charge in [0.2, 0.25) is 5.91 Å². The van der Waals surface area contributed by atoms with Gasteiger partial charge in [-0.25, -0.2) is 9.97 Å². The molecule has 30 heavy (non-hydrogen) atoms. The molecule has 0 saturated carbocycles. The molecule has 1 fully saturated rings. The number of phenols is 1. The van der Waals surface area contributed by atoms with E-state index in [1.54, 1.807) is 12.4 Å². The van der Waals surface area contributed by atoms with Gasteiger partial charge in [0.1, 0.15) is 12.1 Å². The van der Waals surface area contributed by atoms with Crippen molar-refractivity contribution < 1.29 is 9.90 Å². The van der Waals surface area contributed by atoms with E-state index >= 15 is 0 Å². The summed E-state index contributed by atoms with van der Waals surface area (Å²) in [5, 5.41) is 15.3.